The Balaban J connectivity index is 2.14. The molecule has 0 unspecified atom stereocenters. The van der Waals surface area contributed by atoms with Crippen LogP contribution in [0.2, 0.25) is 0 Å². The summed E-state index contributed by atoms with van der Waals surface area (Å²) in [5, 5.41) is 12.8. The minimum Gasteiger partial charge on any atom is -0.480 e. The summed E-state index contributed by atoms with van der Waals surface area (Å²) in [5.41, 5.74) is 0.841. The third-order valence-electron chi connectivity index (χ3n) is 2.96. The highest BCUT2D eigenvalue weighted by atomic mass is 79.9. The Morgan fingerprint density at radius 2 is 2.24 bits per heavy atom. The van der Waals surface area contributed by atoms with Gasteiger partial charge in [0.05, 0.1) is 13.1 Å². The summed E-state index contributed by atoms with van der Waals surface area (Å²) in [7, 11) is 0. The van der Waals surface area contributed by atoms with Crippen molar-refractivity contribution in [2.45, 2.75) is 26.4 Å². The summed E-state index contributed by atoms with van der Waals surface area (Å²) < 4.78 is 6.14. The van der Waals surface area contributed by atoms with Crippen LogP contribution in [0.4, 0.5) is 0 Å². The number of benzene rings is 1. The van der Waals surface area contributed by atoms with Crippen molar-refractivity contribution < 1.29 is 14.4 Å². The van der Waals surface area contributed by atoms with Crippen molar-refractivity contribution in [3.05, 3.63) is 34.6 Å². The zero-order valence-electron chi connectivity index (χ0n) is 11.8. The number of aromatic nitrogens is 2. The molecule has 0 saturated carbocycles. The summed E-state index contributed by atoms with van der Waals surface area (Å²) in [6.07, 6.45) is 0. The molecular formula is C14H16BrN3O3. The SMILES string of the molecule is CC(C)N(CC(=O)O)Cc1nc(-c2cccc(Br)c2)no1. The Bertz CT molecular complexity index is 627. The molecule has 2 aromatic rings. The van der Waals surface area contributed by atoms with Crippen LogP contribution in [-0.4, -0.2) is 38.7 Å². The fourth-order valence-corrected chi connectivity index (χ4v) is 2.23. The third-order valence-corrected chi connectivity index (χ3v) is 3.45. The van der Waals surface area contributed by atoms with Gasteiger partial charge in [-0.15, -0.1) is 0 Å². The molecule has 0 spiro atoms. The van der Waals surface area contributed by atoms with E-state index in [1.807, 2.05) is 38.1 Å². The van der Waals surface area contributed by atoms with E-state index in [0.717, 1.165) is 10.0 Å². The first-order valence-corrected chi connectivity index (χ1v) is 7.29. The van der Waals surface area contributed by atoms with Crippen LogP contribution < -0.4 is 0 Å². The average molecular weight is 354 g/mol. The Morgan fingerprint density at radius 1 is 1.48 bits per heavy atom. The van der Waals surface area contributed by atoms with Gasteiger partial charge in [-0.1, -0.05) is 33.2 Å². The Morgan fingerprint density at radius 3 is 2.86 bits per heavy atom. The zero-order valence-corrected chi connectivity index (χ0v) is 13.4. The van der Waals surface area contributed by atoms with Crippen LogP contribution in [0.1, 0.15) is 19.7 Å². The monoisotopic (exact) mass is 353 g/mol. The van der Waals surface area contributed by atoms with Crippen LogP contribution >= 0.6 is 15.9 Å². The van der Waals surface area contributed by atoms with Crippen molar-refractivity contribution in [2.75, 3.05) is 6.54 Å². The minimum absolute atomic E-state index is 0.0632. The van der Waals surface area contributed by atoms with Gasteiger partial charge in [-0.3, -0.25) is 9.69 Å². The van der Waals surface area contributed by atoms with E-state index in [9.17, 15) is 4.79 Å². The molecule has 7 heteroatoms. The molecule has 1 heterocycles. The lowest BCUT2D eigenvalue weighted by Gasteiger charge is -2.22. The topological polar surface area (TPSA) is 79.5 Å². The number of hydrogen-bond acceptors (Lipinski definition) is 5. The summed E-state index contributed by atoms with van der Waals surface area (Å²) in [5.74, 6) is 0.0145. The molecule has 1 N–H and O–H groups in total. The second kappa shape index (κ2) is 6.82. The molecule has 0 amide bonds. The molecular weight excluding hydrogens is 338 g/mol. The molecule has 0 radical (unpaired) electrons. The molecule has 0 atom stereocenters. The van der Waals surface area contributed by atoms with Crippen molar-refractivity contribution in [1.82, 2.24) is 15.0 Å². The van der Waals surface area contributed by atoms with Crippen molar-refractivity contribution in [1.29, 1.82) is 0 Å². The third kappa shape index (κ3) is 4.37. The Kier molecular flexibility index (Phi) is 5.08. The summed E-state index contributed by atoms with van der Waals surface area (Å²) >= 11 is 3.39. The number of carboxylic acids is 1. The molecule has 0 bridgehead atoms. The van der Waals surface area contributed by atoms with Crippen LogP contribution in [0.25, 0.3) is 11.4 Å². The first-order chi connectivity index (χ1) is 9.95. The molecule has 0 aliphatic heterocycles. The predicted octanol–water partition coefficient (Wildman–Crippen LogP) is 2.79. The standard InChI is InChI=1S/C14H16BrN3O3/c1-9(2)18(8-13(19)20)7-12-16-14(17-21-12)10-4-3-5-11(15)6-10/h3-6,9H,7-8H2,1-2H3,(H,19,20). The van der Waals surface area contributed by atoms with Gasteiger partial charge in [0.1, 0.15) is 0 Å². The maximum absolute atomic E-state index is 10.9. The van der Waals surface area contributed by atoms with Crippen LogP contribution in [0.3, 0.4) is 0 Å². The predicted molar refractivity (Wildman–Crippen MR) is 80.6 cm³/mol. The van der Waals surface area contributed by atoms with E-state index in [4.69, 9.17) is 9.63 Å². The minimum atomic E-state index is -0.879. The number of aliphatic carboxylic acids is 1. The molecule has 21 heavy (non-hydrogen) atoms. The second-order valence-electron chi connectivity index (χ2n) is 4.91. The van der Waals surface area contributed by atoms with Gasteiger partial charge in [0, 0.05) is 16.1 Å². The number of halogens is 1. The van der Waals surface area contributed by atoms with E-state index in [2.05, 4.69) is 26.1 Å². The van der Waals surface area contributed by atoms with Crippen LogP contribution in [-0.2, 0) is 11.3 Å². The van der Waals surface area contributed by atoms with Crippen LogP contribution in [0.15, 0.2) is 33.3 Å². The van der Waals surface area contributed by atoms with Crippen LogP contribution in [0.5, 0.6) is 0 Å². The highest BCUT2D eigenvalue weighted by molar-refractivity contribution is 9.10. The smallest absolute Gasteiger partial charge is 0.317 e. The fraction of sp³-hybridized carbons (Fsp3) is 0.357. The maximum atomic E-state index is 10.9. The van der Waals surface area contributed by atoms with Gasteiger partial charge in [-0.2, -0.15) is 4.98 Å². The van der Waals surface area contributed by atoms with Gasteiger partial charge in [0.2, 0.25) is 11.7 Å². The average Bonchev–Trinajstić information content (AvgIpc) is 2.86. The van der Waals surface area contributed by atoms with Crippen molar-refractivity contribution in [2.24, 2.45) is 0 Å². The molecule has 0 saturated heterocycles. The van der Waals surface area contributed by atoms with E-state index >= 15 is 0 Å². The first kappa shape index (κ1) is 15.7. The van der Waals surface area contributed by atoms with Gasteiger partial charge >= 0.3 is 5.97 Å². The van der Waals surface area contributed by atoms with E-state index in [0.29, 0.717) is 18.3 Å². The summed E-state index contributed by atoms with van der Waals surface area (Å²) in [6.45, 7) is 4.10. The van der Waals surface area contributed by atoms with Gasteiger partial charge in [-0.25, -0.2) is 0 Å². The lowest BCUT2D eigenvalue weighted by molar-refractivity contribution is -0.139. The normalized spacial score (nSPS) is 11.3. The maximum Gasteiger partial charge on any atom is 0.317 e. The highest BCUT2D eigenvalue weighted by Gasteiger charge is 2.18. The molecule has 112 valence electrons. The molecule has 6 nitrogen and oxygen atoms in total. The van der Waals surface area contributed by atoms with Gasteiger partial charge in [0.25, 0.3) is 0 Å². The van der Waals surface area contributed by atoms with Crippen molar-refractivity contribution in [3.63, 3.8) is 0 Å². The molecule has 1 aromatic heterocycles. The number of carbonyl (C=O) groups is 1. The van der Waals surface area contributed by atoms with Gasteiger partial charge in [-0.05, 0) is 26.0 Å². The van der Waals surface area contributed by atoms with E-state index < -0.39 is 5.97 Å². The first-order valence-electron chi connectivity index (χ1n) is 6.50. The number of rotatable bonds is 6. The summed E-state index contributed by atoms with van der Waals surface area (Å²) in [4.78, 5) is 16.9. The number of hydrogen-bond donors (Lipinski definition) is 1. The number of nitrogens with zero attached hydrogens (tertiary/aromatic N) is 3. The quantitative estimate of drug-likeness (QED) is 0.859. The van der Waals surface area contributed by atoms with Crippen molar-refractivity contribution in [3.8, 4) is 11.4 Å². The molecule has 0 fully saturated rings. The van der Waals surface area contributed by atoms with Crippen LogP contribution in [0, 0.1) is 0 Å². The molecule has 1 aromatic carbocycles. The molecule has 0 aliphatic rings. The van der Waals surface area contributed by atoms with E-state index in [-0.39, 0.29) is 12.6 Å². The lowest BCUT2D eigenvalue weighted by atomic mass is 10.2. The molecule has 0 aliphatic carbocycles. The van der Waals surface area contributed by atoms with E-state index in [1.54, 1.807) is 4.90 Å². The Labute approximate surface area is 130 Å². The number of carboxylic acid groups (broad SMARTS) is 1. The summed E-state index contributed by atoms with van der Waals surface area (Å²) in [6, 6.07) is 7.66. The lowest BCUT2D eigenvalue weighted by Crippen LogP contribution is -2.35. The van der Waals surface area contributed by atoms with Gasteiger partial charge < -0.3 is 9.63 Å². The second-order valence-corrected chi connectivity index (χ2v) is 5.83. The fourth-order valence-electron chi connectivity index (χ4n) is 1.83. The molecule has 2 rings (SSSR count). The van der Waals surface area contributed by atoms with Gasteiger partial charge in [0.15, 0.2) is 0 Å². The largest absolute Gasteiger partial charge is 0.480 e. The zero-order chi connectivity index (χ0) is 15.4. The van der Waals surface area contributed by atoms with E-state index in [1.165, 1.54) is 0 Å². The van der Waals surface area contributed by atoms with Crippen molar-refractivity contribution >= 4 is 21.9 Å². The Hall–Kier alpha value is -1.73. The highest BCUT2D eigenvalue weighted by Crippen LogP contribution is 2.20.